The fraction of sp³-hybridized carbons (Fsp3) is 0.556. The van der Waals surface area contributed by atoms with Gasteiger partial charge in [0.25, 0.3) is 0 Å². The van der Waals surface area contributed by atoms with Crippen molar-refractivity contribution >= 4 is 0 Å². The molecule has 0 atom stereocenters. The van der Waals surface area contributed by atoms with E-state index in [-0.39, 0.29) is 12.0 Å². The molecule has 1 nitrogen and oxygen atoms in total. The van der Waals surface area contributed by atoms with Gasteiger partial charge in [0.1, 0.15) is 0 Å². The summed E-state index contributed by atoms with van der Waals surface area (Å²) >= 11 is 0. The van der Waals surface area contributed by atoms with Crippen LogP contribution in [0, 0.1) is 5.41 Å². The van der Waals surface area contributed by atoms with Crippen LogP contribution in [0.2, 0.25) is 0 Å². The zero-order chi connectivity index (χ0) is 8.04. The lowest BCUT2D eigenvalue weighted by molar-refractivity contribution is 0.302. The molecular formula is C9H16O. The van der Waals surface area contributed by atoms with Gasteiger partial charge in [-0.15, -0.1) is 6.58 Å². The van der Waals surface area contributed by atoms with Gasteiger partial charge in [0.05, 0.1) is 0 Å². The Hall–Kier alpha value is -0.560. The molecule has 0 radical (unpaired) electrons. The van der Waals surface area contributed by atoms with Crippen LogP contribution in [0.15, 0.2) is 24.8 Å². The zero-order valence-corrected chi connectivity index (χ0v) is 6.80. The van der Waals surface area contributed by atoms with Gasteiger partial charge in [0, 0.05) is 12.0 Å². The van der Waals surface area contributed by atoms with E-state index in [0.29, 0.717) is 0 Å². The summed E-state index contributed by atoms with van der Waals surface area (Å²) in [6.07, 6.45) is 6.65. The third kappa shape index (κ3) is 4.33. The minimum absolute atomic E-state index is 0.0647. The van der Waals surface area contributed by atoms with Gasteiger partial charge in [-0.2, -0.15) is 0 Å². The monoisotopic (exact) mass is 140 g/mol. The SMILES string of the molecule is C=CC(C)(C)/C=C/CCO. The Morgan fingerprint density at radius 2 is 2.10 bits per heavy atom. The Morgan fingerprint density at radius 3 is 2.50 bits per heavy atom. The minimum Gasteiger partial charge on any atom is -0.396 e. The molecule has 0 aliphatic heterocycles. The van der Waals surface area contributed by atoms with Crippen LogP contribution in [0.25, 0.3) is 0 Å². The van der Waals surface area contributed by atoms with Crippen molar-refractivity contribution in [2.45, 2.75) is 20.3 Å². The van der Waals surface area contributed by atoms with Crippen molar-refractivity contribution in [3.63, 3.8) is 0 Å². The predicted octanol–water partition coefficient (Wildman–Crippen LogP) is 2.14. The molecule has 0 saturated heterocycles. The fourth-order valence-electron chi connectivity index (χ4n) is 0.530. The number of hydrogen-bond donors (Lipinski definition) is 1. The van der Waals surface area contributed by atoms with Gasteiger partial charge in [-0.1, -0.05) is 32.1 Å². The maximum absolute atomic E-state index is 8.46. The lowest BCUT2D eigenvalue weighted by atomic mass is 9.93. The van der Waals surface area contributed by atoms with Crippen LogP contribution in [0.4, 0.5) is 0 Å². The molecule has 0 unspecified atom stereocenters. The average Bonchev–Trinajstić information content (AvgIpc) is 1.89. The maximum atomic E-state index is 8.46. The van der Waals surface area contributed by atoms with Crippen molar-refractivity contribution in [3.8, 4) is 0 Å². The molecule has 10 heavy (non-hydrogen) atoms. The molecule has 1 N–H and O–H groups in total. The summed E-state index contributed by atoms with van der Waals surface area (Å²) < 4.78 is 0. The van der Waals surface area contributed by atoms with Crippen LogP contribution >= 0.6 is 0 Å². The van der Waals surface area contributed by atoms with Gasteiger partial charge in [-0.3, -0.25) is 0 Å². The van der Waals surface area contributed by atoms with Crippen LogP contribution in [0.3, 0.4) is 0 Å². The summed E-state index contributed by atoms with van der Waals surface area (Å²) in [6.45, 7) is 8.08. The first-order valence-corrected chi connectivity index (χ1v) is 3.54. The van der Waals surface area contributed by atoms with Gasteiger partial charge < -0.3 is 5.11 Å². The standard InChI is InChI=1S/C9H16O/c1-4-9(2,3)7-5-6-8-10/h4-5,7,10H,1,6,8H2,2-3H3/b7-5+. The fourth-order valence-corrected chi connectivity index (χ4v) is 0.530. The molecule has 0 amide bonds. The molecule has 0 aromatic heterocycles. The van der Waals surface area contributed by atoms with Crippen molar-refractivity contribution in [1.29, 1.82) is 0 Å². The van der Waals surface area contributed by atoms with Crippen molar-refractivity contribution in [1.82, 2.24) is 0 Å². The molecule has 0 bridgehead atoms. The number of aliphatic hydroxyl groups excluding tert-OH is 1. The highest BCUT2D eigenvalue weighted by Gasteiger charge is 2.05. The van der Waals surface area contributed by atoms with Gasteiger partial charge >= 0.3 is 0 Å². The highest BCUT2D eigenvalue weighted by Crippen LogP contribution is 2.17. The molecule has 0 fully saturated rings. The summed E-state index contributed by atoms with van der Waals surface area (Å²) in [5.74, 6) is 0. The zero-order valence-electron chi connectivity index (χ0n) is 6.80. The van der Waals surface area contributed by atoms with E-state index in [1.54, 1.807) is 0 Å². The summed E-state index contributed by atoms with van der Waals surface area (Å²) in [4.78, 5) is 0. The van der Waals surface area contributed by atoms with Crippen LogP contribution in [0.5, 0.6) is 0 Å². The van der Waals surface area contributed by atoms with E-state index in [9.17, 15) is 0 Å². The van der Waals surface area contributed by atoms with Gasteiger partial charge in [-0.25, -0.2) is 0 Å². The normalized spacial score (nSPS) is 12.3. The van der Waals surface area contributed by atoms with Crippen molar-refractivity contribution in [3.05, 3.63) is 24.8 Å². The molecule has 0 aliphatic carbocycles. The molecule has 58 valence electrons. The first-order chi connectivity index (χ1) is 4.62. The third-order valence-electron chi connectivity index (χ3n) is 1.37. The summed E-state index contributed by atoms with van der Waals surface area (Å²) in [5.41, 5.74) is 0.0647. The first kappa shape index (κ1) is 9.44. The summed E-state index contributed by atoms with van der Waals surface area (Å²) in [7, 11) is 0. The van der Waals surface area contributed by atoms with E-state index < -0.39 is 0 Å². The Balaban J connectivity index is 3.74. The Kier molecular flexibility index (Phi) is 4.05. The molecule has 0 heterocycles. The molecular weight excluding hydrogens is 124 g/mol. The van der Waals surface area contributed by atoms with Crippen molar-refractivity contribution in [2.75, 3.05) is 6.61 Å². The molecule has 1 heteroatoms. The molecule has 0 aromatic rings. The van der Waals surface area contributed by atoms with Crippen LogP contribution < -0.4 is 0 Å². The smallest absolute Gasteiger partial charge is 0.0465 e. The van der Waals surface area contributed by atoms with E-state index >= 15 is 0 Å². The van der Waals surface area contributed by atoms with Crippen molar-refractivity contribution in [2.24, 2.45) is 5.41 Å². The molecule has 0 saturated carbocycles. The lowest BCUT2D eigenvalue weighted by Gasteiger charge is -2.12. The molecule has 0 aliphatic rings. The van der Waals surface area contributed by atoms with Crippen LogP contribution in [-0.2, 0) is 0 Å². The largest absolute Gasteiger partial charge is 0.396 e. The second-order valence-electron chi connectivity index (χ2n) is 2.94. The van der Waals surface area contributed by atoms with E-state index in [0.717, 1.165) is 6.42 Å². The van der Waals surface area contributed by atoms with E-state index in [4.69, 9.17) is 5.11 Å². The number of allylic oxidation sites excluding steroid dienone is 2. The van der Waals surface area contributed by atoms with Crippen molar-refractivity contribution < 1.29 is 5.11 Å². The second-order valence-corrected chi connectivity index (χ2v) is 2.94. The molecule has 0 spiro atoms. The van der Waals surface area contributed by atoms with E-state index in [1.807, 2.05) is 12.2 Å². The summed E-state index contributed by atoms with van der Waals surface area (Å²) in [5, 5.41) is 8.46. The second kappa shape index (κ2) is 4.29. The van der Waals surface area contributed by atoms with Gasteiger partial charge in [-0.05, 0) is 6.42 Å². The van der Waals surface area contributed by atoms with Crippen LogP contribution in [0.1, 0.15) is 20.3 Å². The first-order valence-electron chi connectivity index (χ1n) is 3.54. The maximum Gasteiger partial charge on any atom is 0.0465 e. The third-order valence-corrected chi connectivity index (χ3v) is 1.37. The Morgan fingerprint density at radius 1 is 1.50 bits per heavy atom. The number of rotatable bonds is 4. The lowest BCUT2D eigenvalue weighted by Crippen LogP contribution is -2.00. The topological polar surface area (TPSA) is 20.2 Å². The number of aliphatic hydroxyl groups is 1. The average molecular weight is 140 g/mol. The quantitative estimate of drug-likeness (QED) is 0.593. The highest BCUT2D eigenvalue weighted by atomic mass is 16.2. The number of hydrogen-bond acceptors (Lipinski definition) is 1. The van der Waals surface area contributed by atoms with Crippen LogP contribution in [-0.4, -0.2) is 11.7 Å². The summed E-state index contributed by atoms with van der Waals surface area (Å²) in [6, 6.07) is 0. The predicted molar refractivity (Wildman–Crippen MR) is 44.8 cm³/mol. The molecule has 0 aromatic carbocycles. The molecule has 0 rings (SSSR count). The Bertz CT molecular complexity index is 123. The van der Waals surface area contributed by atoms with Gasteiger partial charge in [0.2, 0.25) is 0 Å². The van der Waals surface area contributed by atoms with Gasteiger partial charge in [0.15, 0.2) is 0 Å². The van der Waals surface area contributed by atoms with E-state index in [2.05, 4.69) is 26.5 Å². The minimum atomic E-state index is 0.0647. The highest BCUT2D eigenvalue weighted by molar-refractivity contribution is 5.04. The Labute approximate surface area is 63.1 Å². The van der Waals surface area contributed by atoms with E-state index in [1.165, 1.54) is 0 Å².